The summed E-state index contributed by atoms with van der Waals surface area (Å²) in [5, 5.41) is 0.688. The van der Waals surface area contributed by atoms with Crippen LogP contribution in [0.3, 0.4) is 0 Å². The van der Waals surface area contributed by atoms with E-state index in [0.717, 1.165) is 6.29 Å². The van der Waals surface area contributed by atoms with Crippen molar-refractivity contribution in [3.8, 4) is 0 Å². The van der Waals surface area contributed by atoms with Crippen molar-refractivity contribution < 1.29 is 4.79 Å². The normalized spacial score (nSPS) is 11.5. The van der Waals surface area contributed by atoms with E-state index in [4.69, 9.17) is 11.6 Å². The SMILES string of the molecule is O=C/C(=C\CBr)CCl. The minimum atomic E-state index is 0.301. The fraction of sp³-hybridized carbons (Fsp3) is 0.400. The summed E-state index contributed by atoms with van der Waals surface area (Å²) in [4.78, 5) is 9.95. The first-order valence-corrected chi connectivity index (χ1v) is 3.77. The second-order valence-corrected chi connectivity index (χ2v) is 2.10. The van der Waals surface area contributed by atoms with Crippen LogP contribution >= 0.6 is 27.5 Å². The molecule has 0 aromatic rings. The van der Waals surface area contributed by atoms with E-state index in [1.165, 1.54) is 0 Å². The lowest BCUT2D eigenvalue weighted by Gasteiger charge is -1.85. The lowest BCUT2D eigenvalue weighted by atomic mass is 10.3. The summed E-state index contributed by atoms with van der Waals surface area (Å²) < 4.78 is 0. The molecule has 46 valence electrons. The Labute approximate surface area is 61.8 Å². The van der Waals surface area contributed by atoms with Crippen LogP contribution in [0.25, 0.3) is 0 Å². The summed E-state index contributed by atoms with van der Waals surface area (Å²) >= 11 is 8.46. The molecule has 1 nitrogen and oxygen atoms in total. The highest BCUT2D eigenvalue weighted by atomic mass is 79.9. The van der Waals surface area contributed by atoms with Gasteiger partial charge in [0.25, 0.3) is 0 Å². The number of aldehydes is 1. The predicted molar refractivity (Wildman–Crippen MR) is 38.7 cm³/mol. The van der Waals surface area contributed by atoms with Crippen LogP contribution in [0.2, 0.25) is 0 Å². The molecule has 0 amide bonds. The quantitative estimate of drug-likeness (QED) is 0.383. The van der Waals surface area contributed by atoms with Gasteiger partial charge in [0.15, 0.2) is 0 Å². The molecule has 0 aliphatic carbocycles. The fourth-order valence-electron chi connectivity index (χ4n) is 0.233. The number of rotatable bonds is 3. The highest BCUT2D eigenvalue weighted by molar-refractivity contribution is 9.09. The topological polar surface area (TPSA) is 17.1 Å². The molecule has 0 unspecified atom stereocenters. The summed E-state index contributed by atoms with van der Waals surface area (Å²) in [5.41, 5.74) is 0.628. The van der Waals surface area contributed by atoms with E-state index in [1.807, 2.05) is 0 Å². The molecule has 0 saturated heterocycles. The Kier molecular flexibility index (Phi) is 5.44. The third-order valence-electron chi connectivity index (χ3n) is 0.645. The van der Waals surface area contributed by atoms with Gasteiger partial charge in [0.05, 0.1) is 5.88 Å². The van der Waals surface area contributed by atoms with Crippen LogP contribution < -0.4 is 0 Å². The molecule has 0 aromatic carbocycles. The Morgan fingerprint density at radius 1 is 1.75 bits per heavy atom. The molecule has 0 fully saturated rings. The van der Waals surface area contributed by atoms with E-state index in [0.29, 0.717) is 16.8 Å². The second-order valence-electron chi connectivity index (χ2n) is 1.18. The Morgan fingerprint density at radius 2 is 2.38 bits per heavy atom. The summed E-state index contributed by atoms with van der Waals surface area (Å²) in [6.45, 7) is 0. The Bertz CT molecular complexity index is 101. The summed E-state index contributed by atoms with van der Waals surface area (Å²) in [6, 6.07) is 0. The Hall–Kier alpha value is 0.180. The molecule has 0 heterocycles. The molecule has 0 radical (unpaired) electrons. The fourth-order valence-corrected chi connectivity index (χ4v) is 0.821. The molecule has 0 saturated carbocycles. The number of carbonyl (C=O) groups excluding carboxylic acids is 1. The minimum absolute atomic E-state index is 0.301. The smallest absolute Gasteiger partial charge is 0.146 e. The van der Waals surface area contributed by atoms with Crippen molar-refractivity contribution in [1.29, 1.82) is 0 Å². The maximum Gasteiger partial charge on any atom is 0.146 e. The first-order valence-electron chi connectivity index (χ1n) is 2.11. The lowest BCUT2D eigenvalue weighted by molar-refractivity contribution is -0.104. The molecule has 3 heteroatoms. The van der Waals surface area contributed by atoms with Gasteiger partial charge < -0.3 is 0 Å². The predicted octanol–water partition coefficient (Wildman–Crippen LogP) is 1.75. The standard InChI is InChI=1S/C5H6BrClO/c6-2-1-5(3-7)4-8/h1,4H,2-3H2/b5-1-. The van der Waals surface area contributed by atoms with Crippen LogP contribution in [0.15, 0.2) is 11.6 Å². The van der Waals surface area contributed by atoms with E-state index >= 15 is 0 Å². The monoisotopic (exact) mass is 196 g/mol. The van der Waals surface area contributed by atoms with Crippen molar-refractivity contribution in [2.45, 2.75) is 0 Å². The van der Waals surface area contributed by atoms with Gasteiger partial charge in [0, 0.05) is 10.9 Å². The molecular formula is C5H6BrClO. The van der Waals surface area contributed by atoms with Crippen molar-refractivity contribution in [3.63, 3.8) is 0 Å². The third-order valence-corrected chi connectivity index (χ3v) is 1.28. The van der Waals surface area contributed by atoms with Crippen LogP contribution in [-0.2, 0) is 4.79 Å². The summed E-state index contributed by atoms with van der Waals surface area (Å²) in [7, 11) is 0. The van der Waals surface area contributed by atoms with E-state index < -0.39 is 0 Å². The number of alkyl halides is 2. The number of hydrogen-bond acceptors (Lipinski definition) is 1. The van der Waals surface area contributed by atoms with E-state index in [-0.39, 0.29) is 0 Å². The van der Waals surface area contributed by atoms with Gasteiger partial charge in [0.1, 0.15) is 6.29 Å². The number of hydrogen-bond donors (Lipinski definition) is 0. The number of halogens is 2. The van der Waals surface area contributed by atoms with Crippen LogP contribution in [0.5, 0.6) is 0 Å². The van der Waals surface area contributed by atoms with Crippen molar-refractivity contribution in [3.05, 3.63) is 11.6 Å². The maximum absolute atomic E-state index is 9.95. The highest BCUT2D eigenvalue weighted by Crippen LogP contribution is 1.94. The molecule has 0 N–H and O–H groups in total. The van der Waals surface area contributed by atoms with Crippen LogP contribution in [-0.4, -0.2) is 17.5 Å². The average molecular weight is 197 g/mol. The first-order chi connectivity index (χ1) is 3.85. The molecule has 0 aliphatic heterocycles. The van der Waals surface area contributed by atoms with Crippen molar-refractivity contribution >= 4 is 33.8 Å². The van der Waals surface area contributed by atoms with Gasteiger partial charge >= 0.3 is 0 Å². The zero-order chi connectivity index (χ0) is 6.41. The molecule has 0 aromatic heterocycles. The first kappa shape index (κ1) is 8.18. The minimum Gasteiger partial charge on any atom is -0.298 e. The molecule has 8 heavy (non-hydrogen) atoms. The summed E-state index contributed by atoms with van der Waals surface area (Å²) in [5.74, 6) is 0.301. The molecule has 0 aliphatic rings. The molecule has 0 rings (SSSR count). The molecular weight excluding hydrogens is 191 g/mol. The number of carbonyl (C=O) groups is 1. The van der Waals surface area contributed by atoms with Crippen LogP contribution in [0.4, 0.5) is 0 Å². The van der Waals surface area contributed by atoms with Gasteiger partial charge in [-0.2, -0.15) is 0 Å². The van der Waals surface area contributed by atoms with Crippen LogP contribution in [0.1, 0.15) is 0 Å². The van der Waals surface area contributed by atoms with Gasteiger partial charge in [0.2, 0.25) is 0 Å². The van der Waals surface area contributed by atoms with Gasteiger partial charge in [-0.25, -0.2) is 0 Å². The van der Waals surface area contributed by atoms with Crippen LogP contribution in [0, 0.1) is 0 Å². The Morgan fingerprint density at radius 3 is 2.50 bits per heavy atom. The Balaban J connectivity index is 3.66. The molecule has 0 atom stereocenters. The van der Waals surface area contributed by atoms with E-state index in [9.17, 15) is 4.79 Å². The summed E-state index contributed by atoms with van der Waals surface area (Å²) in [6.07, 6.45) is 2.49. The third kappa shape index (κ3) is 3.22. The van der Waals surface area contributed by atoms with Gasteiger partial charge in [-0.15, -0.1) is 11.6 Å². The van der Waals surface area contributed by atoms with Gasteiger partial charge in [-0.3, -0.25) is 4.79 Å². The van der Waals surface area contributed by atoms with E-state index in [1.54, 1.807) is 6.08 Å². The highest BCUT2D eigenvalue weighted by Gasteiger charge is 1.87. The number of allylic oxidation sites excluding steroid dienone is 2. The average Bonchev–Trinajstić information content (AvgIpc) is 1.83. The zero-order valence-corrected chi connectivity index (χ0v) is 6.58. The molecule has 0 bridgehead atoms. The van der Waals surface area contributed by atoms with Gasteiger partial charge in [-0.1, -0.05) is 22.0 Å². The van der Waals surface area contributed by atoms with Gasteiger partial charge in [-0.05, 0) is 0 Å². The zero-order valence-electron chi connectivity index (χ0n) is 4.23. The van der Waals surface area contributed by atoms with Crippen molar-refractivity contribution in [2.24, 2.45) is 0 Å². The van der Waals surface area contributed by atoms with E-state index in [2.05, 4.69) is 15.9 Å². The second kappa shape index (κ2) is 5.32. The van der Waals surface area contributed by atoms with Crippen molar-refractivity contribution in [2.75, 3.05) is 11.2 Å². The lowest BCUT2D eigenvalue weighted by Crippen LogP contribution is -1.84. The largest absolute Gasteiger partial charge is 0.298 e. The van der Waals surface area contributed by atoms with Crippen molar-refractivity contribution in [1.82, 2.24) is 0 Å². The maximum atomic E-state index is 9.95. The molecule has 0 spiro atoms.